The fourth-order valence-corrected chi connectivity index (χ4v) is 2.08. The lowest BCUT2D eigenvalue weighted by atomic mass is 10.2. The molecule has 0 saturated heterocycles. The third kappa shape index (κ3) is 2.38. The number of nitrogens with one attached hydrogen (secondary N) is 1. The zero-order valence-electron chi connectivity index (χ0n) is 11.0. The van der Waals surface area contributed by atoms with Crippen LogP contribution < -0.4 is 14.8 Å². The third-order valence-electron chi connectivity index (χ3n) is 3.00. The van der Waals surface area contributed by atoms with Crippen molar-refractivity contribution in [3.8, 4) is 11.5 Å². The second-order valence-corrected chi connectivity index (χ2v) is 4.60. The summed E-state index contributed by atoms with van der Waals surface area (Å²) in [6, 6.07) is 4.60. The second kappa shape index (κ2) is 4.36. The van der Waals surface area contributed by atoms with Crippen molar-refractivity contribution in [1.29, 1.82) is 0 Å². The number of aromatic nitrogens is 2. The molecule has 2 heterocycles. The van der Waals surface area contributed by atoms with E-state index in [9.17, 15) is 8.78 Å². The van der Waals surface area contributed by atoms with Gasteiger partial charge in [-0.3, -0.25) is 4.68 Å². The lowest BCUT2D eigenvalue weighted by molar-refractivity contribution is -0.286. The van der Waals surface area contributed by atoms with Gasteiger partial charge in [0.25, 0.3) is 0 Å². The smallest absolute Gasteiger partial charge is 0.395 e. The van der Waals surface area contributed by atoms with Gasteiger partial charge in [-0.15, -0.1) is 8.78 Å². The normalized spacial score (nSPS) is 15.4. The Hall–Kier alpha value is -2.31. The van der Waals surface area contributed by atoms with Gasteiger partial charge in [0.05, 0.1) is 5.69 Å². The molecular weight excluding hydrogens is 268 g/mol. The Morgan fingerprint density at radius 3 is 2.75 bits per heavy atom. The maximum Gasteiger partial charge on any atom is 0.586 e. The molecule has 0 spiro atoms. The van der Waals surface area contributed by atoms with E-state index in [1.165, 1.54) is 12.1 Å². The van der Waals surface area contributed by atoms with Crippen LogP contribution in [0.15, 0.2) is 24.4 Å². The fourth-order valence-electron chi connectivity index (χ4n) is 2.08. The zero-order chi connectivity index (χ0) is 14.3. The van der Waals surface area contributed by atoms with Gasteiger partial charge in [0.2, 0.25) is 0 Å². The van der Waals surface area contributed by atoms with E-state index in [1.807, 2.05) is 20.2 Å². The van der Waals surface area contributed by atoms with Crippen molar-refractivity contribution >= 4 is 5.69 Å². The first-order chi connectivity index (χ1) is 9.43. The average Bonchev–Trinajstić information content (AvgIpc) is 2.83. The molecular formula is C13H13F2N3O2. The Bertz CT molecular complexity index is 655. The first kappa shape index (κ1) is 12.7. The summed E-state index contributed by atoms with van der Waals surface area (Å²) < 4.78 is 36.3. The average molecular weight is 281 g/mol. The summed E-state index contributed by atoms with van der Waals surface area (Å²) in [5.74, 6) is 0.0704. The molecule has 3 rings (SSSR count). The van der Waals surface area contributed by atoms with Crippen molar-refractivity contribution in [2.24, 2.45) is 7.05 Å². The van der Waals surface area contributed by atoms with E-state index in [1.54, 1.807) is 10.7 Å². The molecule has 1 aliphatic rings. The topological polar surface area (TPSA) is 48.3 Å². The standard InChI is InChI=1S/C13H13F2N3O2/c1-8-9(7-18(2)17-8)6-16-10-3-4-11-12(5-10)20-13(14,15)19-11/h3-5,7,16H,6H2,1-2H3. The van der Waals surface area contributed by atoms with Gasteiger partial charge in [0.1, 0.15) is 0 Å². The van der Waals surface area contributed by atoms with Crippen molar-refractivity contribution in [3.05, 3.63) is 35.7 Å². The SMILES string of the molecule is Cc1nn(C)cc1CNc1ccc2c(c1)OC(F)(F)O2. The monoisotopic (exact) mass is 281 g/mol. The van der Waals surface area contributed by atoms with Crippen LogP contribution in [-0.2, 0) is 13.6 Å². The fraction of sp³-hybridized carbons (Fsp3) is 0.308. The van der Waals surface area contributed by atoms with Crippen LogP contribution in [0.3, 0.4) is 0 Å². The van der Waals surface area contributed by atoms with Crippen LogP contribution in [0, 0.1) is 6.92 Å². The van der Waals surface area contributed by atoms with Crippen LogP contribution in [0.4, 0.5) is 14.5 Å². The number of benzene rings is 1. The maximum absolute atomic E-state index is 12.9. The number of nitrogens with zero attached hydrogens (tertiary/aromatic N) is 2. The lowest BCUT2D eigenvalue weighted by Crippen LogP contribution is -2.25. The van der Waals surface area contributed by atoms with Crippen LogP contribution in [0.25, 0.3) is 0 Å². The Kier molecular flexibility index (Phi) is 2.77. The molecule has 1 aromatic carbocycles. The summed E-state index contributed by atoms with van der Waals surface area (Å²) >= 11 is 0. The first-order valence-corrected chi connectivity index (χ1v) is 6.06. The highest BCUT2D eigenvalue weighted by Gasteiger charge is 2.43. The zero-order valence-corrected chi connectivity index (χ0v) is 11.0. The Morgan fingerprint density at radius 2 is 2.05 bits per heavy atom. The van der Waals surface area contributed by atoms with Crippen LogP contribution in [0.5, 0.6) is 11.5 Å². The van der Waals surface area contributed by atoms with Crippen LogP contribution >= 0.6 is 0 Å². The van der Waals surface area contributed by atoms with Crippen LogP contribution in [-0.4, -0.2) is 16.1 Å². The van der Waals surface area contributed by atoms with Gasteiger partial charge in [-0.25, -0.2) is 0 Å². The number of aryl methyl sites for hydroxylation is 2. The van der Waals surface area contributed by atoms with Crippen molar-refractivity contribution in [2.75, 3.05) is 5.32 Å². The lowest BCUT2D eigenvalue weighted by Gasteiger charge is -2.06. The van der Waals surface area contributed by atoms with Gasteiger partial charge in [-0.05, 0) is 19.1 Å². The number of anilines is 1. The molecule has 1 aliphatic heterocycles. The predicted molar refractivity (Wildman–Crippen MR) is 67.9 cm³/mol. The minimum Gasteiger partial charge on any atom is -0.395 e. The molecule has 0 atom stereocenters. The molecule has 20 heavy (non-hydrogen) atoms. The van der Waals surface area contributed by atoms with Crippen molar-refractivity contribution in [2.45, 2.75) is 19.8 Å². The summed E-state index contributed by atoms with van der Waals surface area (Å²) in [5.41, 5.74) is 2.64. The largest absolute Gasteiger partial charge is 0.586 e. The molecule has 7 heteroatoms. The molecule has 0 amide bonds. The molecule has 1 N–H and O–H groups in total. The molecule has 0 fully saturated rings. The predicted octanol–water partition coefficient (Wildman–Crippen LogP) is 2.66. The summed E-state index contributed by atoms with van der Waals surface area (Å²) in [5, 5.41) is 7.37. The highest BCUT2D eigenvalue weighted by molar-refractivity contribution is 5.56. The van der Waals surface area contributed by atoms with Crippen LogP contribution in [0.1, 0.15) is 11.3 Å². The summed E-state index contributed by atoms with van der Waals surface area (Å²) in [6.07, 6.45) is -1.68. The molecule has 5 nitrogen and oxygen atoms in total. The van der Waals surface area contributed by atoms with Crippen molar-refractivity contribution in [3.63, 3.8) is 0 Å². The number of halogens is 2. The summed E-state index contributed by atoms with van der Waals surface area (Å²) in [6.45, 7) is 2.47. The van der Waals surface area contributed by atoms with E-state index >= 15 is 0 Å². The second-order valence-electron chi connectivity index (χ2n) is 4.60. The minimum atomic E-state index is -3.58. The highest BCUT2D eigenvalue weighted by atomic mass is 19.3. The molecule has 0 unspecified atom stereocenters. The Balaban J connectivity index is 1.72. The van der Waals surface area contributed by atoms with Gasteiger partial charge in [-0.1, -0.05) is 0 Å². The Morgan fingerprint density at radius 1 is 1.30 bits per heavy atom. The van der Waals surface area contributed by atoms with E-state index in [-0.39, 0.29) is 11.5 Å². The van der Waals surface area contributed by atoms with E-state index in [4.69, 9.17) is 0 Å². The number of alkyl halides is 2. The third-order valence-corrected chi connectivity index (χ3v) is 3.00. The maximum atomic E-state index is 12.9. The Labute approximate surface area is 114 Å². The van der Waals surface area contributed by atoms with Gasteiger partial charge >= 0.3 is 6.29 Å². The highest BCUT2D eigenvalue weighted by Crippen LogP contribution is 2.42. The first-order valence-electron chi connectivity index (χ1n) is 6.06. The molecule has 0 bridgehead atoms. The number of ether oxygens (including phenoxy) is 2. The molecule has 106 valence electrons. The molecule has 0 aliphatic carbocycles. The van der Waals surface area contributed by atoms with Gasteiger partial charge in [0.15, 0.2) is 11.5 Å². The molecule has 1 aromatic heterocycles. The number of fused-ring (bicyclic) bond motifs is 1. The minimum absolute atomic E-state index is 0.0305. The summed E-state index contributed by atoms with van der Waals surface area (Å²) in [7, 11) is 1.85. The van der Waals surface area contributed by atoms with Gasteiger partial charge in [0, 0.05) is 37.1 Å². The van der Waals surface area contributed by atoms with Gasteiger partial charge < -0.3 is 14.8 Å². The van der Waals surface area contributed by atoms with Gasteiger partial charge in [-0.2, -0.15) is 5.10 Å². The van der Waals surface area contributed by atoms with Crippen molar-refractivity contribution < 1.29 is 18.3 Å². The van der Waals surface area contributed by atoms with Crippen LogP contribution in [0.2, 0.25) is 0 Å². The number of hydrogen-bond acceptors (Lipinski definition) is 4. The molecule has 0 saturated carbocycles. The quantitative estimate of drug-likeness (QED) is 0.939. The van der Waals surface area contributed by atoms with E-state index in [0.29, 0.717) is 12.2 Å². The van der Waals surface area contributed by atoms with E-state index in [0.717, 1.165) is 11.3 Å². The van der Waals surface area contributed by atoms with Crippen molar-refractivity contribution in [1.82, 2.24) is 9.78 Å². The number of hydrogen-bond donors (Lipinski definition) is 1. The van der Waals surface area contributed by atoms with E-state index < -0.39 is 6.29 Å². The molecule has 0 radical (unpaired) electrons. The van der Waals surface area contributed by atoms with E-state index in [2.05, 4.69) is 19.9 Å². The molecule has 2 aromatic rings. The number of rotatable bonds is 3. The summed E-state index contributed by atoms with van der Waals surface area (Å²) in [4.78, 5) is 0.